The number of rotatable bonds is 7. The lowest BCUT2D eigenvalue weighted by Gasteiger charge is -2.26. The van der Waals surface area contributed by atoms with Crippen LogP contribution in [0.5, 0.6) is 5.75 Å². The van der Waals surface area contributed by atoms with Crippen molar-refractivity contribution in [3.8, 4) is 17.0 Å². The topological polar surface area (TPSA) is 119 Å². The molecule has 0 aliphatic carbocycles. The second-order valence-corrected chi connectivity index (χ2v) is 11.0. The molecule has 11 heteroatoms. The minimum absolute atomic E-state index is 0.195. The number of imidazole rings is 1. The van der Waals surface area contributed by atoms with Gasteiger partial charge in [0.2, 0.25) is 5.78 Å². The normalized spacial score (nSPS) is 14.4. The molecule has 0 unspecified atom stereocenters. The molecule has 0 radical (unpaired) electrons. The molecule has 1 aliphatic heterocycles. The summed E-state index contributed by atoms with van der Waals surface area (Å²) in [5.74, 6) is 2.45. The fourth-order valence-corrected chi connectivity index (χ4v) is 4.64. The maximum absolute atomic E-state index is 12.4. The molecule has 5 aromatic rings. The molecule has 0 saturated carbocycles. The molecule has 2 aromatic carbocycles. The Morgan fingerprint density at radius 2 is 1.80 bits per heavy atom. The Kier molecular flexibility index (Phi) is 7.29. The van der Waals surface area contributed by atoms with Crippen LogP contribution in [0.4, 0.5) is 16.3 Å². The molecular weight excluding hydrogens is 522 g/mol. The van der Waals surface area contributed by atoms with Crippen molar-refractivity contribution in [3.05, 3.63) is 66.6 Å². The van der Waals surface area contributed by atoms with Crippen LogP contribution in [-0.4, -0.2) is 69.9 Å². The molecule has 0 bridgehead atoms. The van der Waals surface area contributed by atoms with E-state index in [1.165, 1.54) is 0 Å². The molecular formula is C30H33N7O4. The van der Waals surface area contributed by atoms with Gasteiger partial charge in [-0.05, 0) is 30.3 Å². The van der Waals surface area contributed by atoms with Gasteiger partial charge in [-0.15, -0.1) is 0 Å². The van der Waals surface area contributed by atoms with Gasteiger partial charge in [0, 0.05) is 54.6 Å². The van der Waals surface area contributed by atoms with Gasteiger partial charge in [-0.1, -0.05) is 38.1 Å². The fourth-order valence-electron chi connectivity index (χ4n) is 4.64. The number of nitrogens with zero attached hydrogens (tertiary/aromatic N) is 5. The number of nitrogens with one attached hydrogen (secondary N) is 2. The van der Waals surface area contributed by atoms with E-state index in [9.17, 15) is 4.79 Å². The number of ether oxygens (including phenoxy) is 2. The number of carbonyl (C=O) groups is 1. The summed E-state index contributed by atoms with van der Waals surface area (Å²) in [4.78, 5) is 24.3. The van der Waals surface area contributed by atoms with E-state index < -0.39 is 6.03 Å². The van der Waals surface area contributed by atoms with Gasteiger partial charge >= 0.3 is 6.03 Å². The lowest BCUT2D eigenvalue weighted by atomic mass is 9.93. The number of benzene rings is 2. The minimum Gasteiger partial charge on any atom is -0.492 e. The molecule has 4 heterocycles. The van der Waals surface area contributed by atoms with Crippen molar-refractivity contribution in [2.75, 3.05) is 50.1 Å². The number of hydrogen-bond donors (Lipinski definition) is 2. The van der Waals surface area contributed by atoms with Crippen molar-refractivity contribution in [2.24, 2.45) is 0 Å². The first kappa shape index (κ1) is 26.7. The van der Waals surface area contributed by atoms with Crippen LogP contribution in [0.3, 0.4) is 0 Å². The van der Waals surface area contributed by atoms with Crippen molar-refractivity contribution in [2.45, 2.75) is 26.2 Å². The predicted molar refractivity (Wildman–Crippen MR) is 157 cm³/mol. The van der Waals surface area contributed by atoms with Crippen LogP contribution in [-0.2, 0) is 10.2 Å². The summed E-state index contributed by atoms with van der Waals surface area (Å²) in [6.07, 6.45) is 1.97. The quantitative estimate of drug-likeness (QED) is 0.282. The third kappa shape index (κ3) is 6.16. The highest BCUT2D eigenvalue weighted by Crippen LogP contribution is 2.26. The van der Waals surface area contributed by atoms with Gasteiger partial charge in [-0.25, -0.2) is 14.8 Å². The first-order valence-electron chi connectivity index (χ1n) is 13.7. The van der Waals surface area contributed by atoms with E-state index in [1.54, 1.807) is 6.07 Å². The van der Waals surface area contributed by atoms with E-state index in [0.717, 1.165) is 60.9 Å². The zero-order valence-corrected chi connectivity index (χ0v) is 23.4. The Balaban J connectivity index is 1.10. The second kappa shape index (κ2) is 11.2. The molecule has 0 spiro atoms. The molecule has 6 rings (SSSR count). The number of morpholine rings is 1. The minimum atomic E-state index is -0.403. The van der Waals surface area contributed by atoms with Crippen molar-refractivity contribution in [3.63, 3.8) is 0 Å². The Morgan fingerprint density at radius 1 is 1.00 bits per heavy atom. The molecule has 2 N–H and O–H groups in total. The molecule has 41 heavy (non-hydrogen) atoms. The van der Waals surface area contributed by atoms with Crippen LogP contribution in [0, 0.1) is 0 Å². The molecule has 1 aliphatic rings. The predicted octanol–water partition coefficient (Wildman–Crippen LogP) is 5.19. The van der Waals surface area contributed by atoms with Crippen molar-refractivity contribution in [1.29, 1.82) is 0 Å². The Bertz CT molecular complexity index is 1660. The molecule has 2 amide bonds. The maximum atomic E-state index is 12.4. The van der Waals surface area contributed by atoms with Crippen LogP contribution in [0.1, 0.15) is 26.5 Å². The highest BCUT2D eigenvalue weighted by molar-refractivity contribution is 5.99. The van der Waals surface area contributed by atoms with Crippen LogP contribution in [0.15, 0.2) is 65.3 Å². The standard InChI is InChI=1S/C30H33N7O4/c1-30(2,3)26-19-27(35-41-26)34-29(38)31-21-6-4-20(5-7-21)23-10-11-37-25-9-8-22(18-24(25)33-28(37)32-23)40-17-14-36-12-15-39-16-13-36/h4-11,18-19H,12-17H2,1-3H3,(H2,31,34,35,38). The van der Waals surface area contributed by atoms with E-state index >= 15 is 0 Å². The van der Waals surface area contributed by atoms with Gasteiger partial charge in [0.15, 0.2) is 5.82 Å². The number of amides is 2. The van der Waals surface area contributed by atoms with Gasteiger partial charge in [-0.2, -0.15) is 0 Å². The number of hydrogen-bond acceptors (Lipinski definition) is 8. The van der Waals surface area contributed by atoms with Gasteiger partial charge in [0.1, 0.15) is 18.1 Å². The zero-order valence-electron chi connectivity index (χ0n) is 23.4. The summed E-state index contributed by atoms with van der Waals surface area (Å²) in [7, 11) is 0. The third-order valence-corrected chi connectivity index (χ3v) is 6.95. The van der Waals surface area contributed by atoms with Crippen LogP contribution >= 0.6 is 0 Å². The van der Waals surface area contributed by atoms with Gasteiger partial charge in [0.25, 0.3) is 0 Å². The van der Waals surface area contributed by atoms with E-state index in [4.69, 9.17) is 24.0 Å². The Morgan fingerprint density at radius 3 is 2.56 bits per heavy atom. The Labute approximate surface area is 237 Å². The molecule has 0 atom stereocenters. The van der Waals surface area contributed by atoms with E-state index in [0.29, 0.717) is 29.7 Å². The first-order chi connectivity index (χ1) is 19.8. The highest BCUT2D eigenvalue weighted by atomic mass is 16.5. The SMILES string of the molecule is CC(C)(C)c1cc(NC(=O)Nc2ccc(-c3ccn4c(n3)nc3cc(OCCN5CCOCC5)ccc34)cc2)no1. The van der Waals surface area contributed by atoms with Crippen molar-refractivity contribution in [1.82, 2.24) is 24.4 Å². The van der Waals surface area contributed by atoms with Crippen LogP contribution in [0.2, 0.25) is 0 Å². The van der Waals surface area contributed by atoms with Crippen LogP contribution < -0.4 is 15.4 Å². The summed E-state index contributed by atoms with van der Waals surface area (Å²) in [5.41, 5.74) is 3.92. The summed E-state index contributed by atoms with van der Waals surface area (Å²) in [5, 5.41) is 9.43. The van der Waals surface area contributed by atoms with Crippen molar-refractivity contribution < 1.29 is 18.8 Å². The van der Waals surface area contributed by atoms with Gasteiger partial charge in [0.05, 0.1) is 29.9 Å². The summed E-state index contributed by atoms with van der Waals surface area (Å²) < 4.78 is 18.7. The van der Waals surface area contributed by atoms with Crippen molar-refractivity contribution >= 4 is 34.3 Å². The van der Waals surface area contributed by atoms with Crippen LogP contribution in [0.25, 0.3) is 28.1 Å². The number of aromatic nitrogens is 4. The zero-order chi connectivity index (χ0) is 28.4. The first-order valence-corrected chi connectivity index (χ1v) is 13.7. The summed E-state index contributed by atoms with van der Waals surface area (Å²) >= 11 is 0. The third-order valence-electron chi connectivity index (χ3n) is 6.95. The number of fused-ring (bicyclic) bond motifs is 3. The second-order valence-electron chi connectivity index (χ2n) is 11.0. The number of anilines is 2. The molecule has 1 saturated heterocycles. The summed E-state index contributed by atoms with van der Waals surface area (Å²) in [6.45, 7) is 11.0. The summed E-state index contributed by atoms with van der Waals surface area (Å²) in [6, 6.07) is 16.7. The largest absolute Gasteiger partial charge is 0.492 e. The number of carbonyl (C=O) groups excluding carboxylic acids is 1. The monoisotopic (exact) mass is 555 g/mol. The fraction of sp³-hybridized carbons (Fsp3) is 0.333. The van der Waals surface area contributed by atoms with Gasteiger partial charge < -0.3 is 19.3 Å². The molecule has 11 nitrogen and oxygen atoms in total. The Hall–Kier alpha value is -4.48. The van der Waals surface area contributed by atoms with E-state index in [-0.39, 0.29) is 5.41 Å². The van der Waals surface area contributed by atoms with Gasteiger partial charge in [-0.3, -0.25) is 14.6 Å². The highest BCUT2D eigenvalue weighted by Gasteiger charge is 2.20. The number of urea groups is 1. The van der Waals surface area contributed by atoms with E-state index in [1.807, 2.05) is 79.9 Å². The average molecular weight is 556 g/mol. The average Bonchev–Trinajstić information content (AvgIpc) is 3.58. The maximum Gasteiger partial charge on any atom is 0.324 e. The lowest BCUT2D eigenvalue weighted by Crippen LogP contribution is -2.38. The molecule has 3 aromatic heterocycles. The molecule has 1 fully saturated rings. The smallest absolute Gasteiger partial charge is 0.324 e. The molecule has 212 valence electrons. The van der Waals surface area contributed by atoms with E-state index in [2.05, 4.69) is 20.7 Å². The lowest BCUT2D eigenvalue weighted by molar-refractivity contribution is 0.0322.